The standard InChI is InChI=1S/C12H19N3O7S.C4H7NO4/c1-6(16)23-5-8(11(20)14-4-10(18)19)15-9(17)3-2-7(13)12(21)22;5-2(4(8)9)1-3(6)7/h7-8H,2-5,13H2,1H3,(H,14,20)(H,15,17)(H,18,19)(H,21,22);2H,1,5H2,(H,6,7)(H,8,9)/t7-,8-;2-/m00/s1. The van der Waals surface area contributed by atoms with Crippen LogP contribution in [0.1, 0.15) is 26.2 Å². The molecule has 0 rings (SSSR count). The van der Waals surface area contributed by atoms with Crippen LogP contribution in [0, 0.1) is 0 Å². The van der Waals surface area contributed by atoms with E-state index in [1.807, 2.05) is 0 Å². The van der Waals surface area contributed by atoms with Crippen LogP contribution >= 0.6 is 11.8 Å². The van der Waals surface area contributed by atoms with Crippen molar-refractivity contribution in [2.45, 2.75) is 44.3 Å². The van der Waals surface area contributed by atoms with E-state index >= 15 is 0 Å². The van der Waals surface area contributed by atoms with Crippen LogP contribution in [0.15, 0.2) is 0 Å². The molecule has 0 bridgehead atoms. The van der Waals surface area contributed by atoms with Crippen LogP contribution in [0.5, 0.6) is 0 Å². The van der Waals surface area contributed by atoms with Crippen molar-refractivity contribution in [1.82, 2.24) is 10.6 Å². The number of thioether (sulfide) groups is 1. The summed E-state index contributed by atoms with van der Waals surface area (Å²) in [5.41, 5.74) is 10.1. The Kier molecular flexibility index (Phi) is 15.9. The summed E-state index contributed by atoms with van der Waals surface area (Å²) in [6.07, 6.45) is -0.874. The van der Waals surface area contributed by atoms with E-state index in [2.05, 4.69) is 10.6 Å². The Morgan fingerprint density at radius 2 is 1.41 bits per heavy atom. The van der Waals surface area contributed by atoms with Crippen LogP contribution in [0.25, 0.3) is 0 Å². The highest BCUT2D eigenvalue weighted by Crippen LogP contribution is 2.05. The summed E-state index contributed by atoms with van der Waals surface area (Å²) >= 11 is 0.793. The lowest BCUT2D eigenvalue weighted by molar-refractivity contribution is -0.144. The molecule has 0 aromatic rings. The molecule has 182 valence electrons. The van der Waals surface area contributed by atoms with Gasteiger partial charge in [-0.25, -0.2) is 0 Å². The van der Waals surface area contributed by atoms with Gasteiger partial charge in [-0.05, 0) is 6.42 Å². The predicted octanol–water partition coefficient (Wildman–Crippen LogP) is -2.98. The molecule has 10 N–H and O–H groups in total. The quantitative estimate of drug-likeness (QED) is 0.130. The average Bonchev–Trinajstić information content (AvgIpc) is 2.66. The van der Waals surface area contributed by atoms with Crippen LogP contribution in [0.2, 0.25) is 0 Å². The summed E-state index contributed by atoms with van der Waals surface area (Å²) in [4.78, 5) is 75.1. The molecule has 0 aliphatic carbocycles. The zero-order valence-corrected chi connectivity index (χ0v) is 17.8. The maximum absolute atomic E-state index is 11.8. The topological polar surface area (TPSA) is 277 Å². The smallest absolute Gasteiger partial charge is 0.322 e. The Balaban J connectivity index is 0. The molecule has 2 amide bonds. The summed E-state index contributed by atoms with van der Waals surface area (Å²) in [6.45, 7) is 0.657. The Bertz CT molecular complexity index is 716. The molecule has 32 heavy (non-hydrogen) atoms. The molecule has 0 heterocycles. The molecule has 0 spiro atoms. The molecule has 0 radical (unpaired) electrons. The maximum Gasteiger partial charge on any atom is 0.322 e. The van der Waals surface area contributed by atoms with E-state index in [0.717, 1.165) is 11.8 Å². The van der Waals surface area contributed by atoms with Gasteiger partial charge in [0.1, 0.15) is 24.7 Å². The molecule has 0 saturated carbocycles. The minimum absolute atomic E-state index is 0.0719. The number of carbonyl (C=O) groups is 7. The minimum Gasteiger partial charge on any atom is -0.481 e. The molecule has 0 fully saturated rings. The van der Waals surface area contributed by atoms with Crippen molar-refractivity contribution in [2.75, 3.05) is 12.3 Å². The number of amides is 2. The summed E-state index contributed by atoms with van der Waals surface area (Å²) in [6, 6.07) is -3.61. The number of carboxylic acids is 4. The Morgan fingerprint density at radius 1 is 0.875 bits per heavy atom. The fourth-order valence-corrected chi connectivity index (χ4v) is 2.26. The number of aliphatic carboxylic acids is 4. The number of hydrogen-bond acceptors (Lipinski definition) is 10. The van der Waals surface area contributed by atoms with Gasteiger partial charge in [-0.2, -0.15) is 0 Å². The normalized spacial score (nSPS) is 12.7. The first-order valence-corrected chi connectivity index (χ1v) is 9.76. The Morgan fingerprint density at radius 3 is 1.78 bits per heavy atom. The first kappa shape index (κ1) is 30.9. The van der Waals surface area contributed by atoms with Gasteiger partial charge >= 0.3 is 23.9 Å². The third-order valence-electron chi connectivity index (χ3n) is 3.23. The molecular formula is C16H26N4O11S. The fourth-order valence-electron chi connectivity index (χ4n) is 1.62. The lowest BCUT2D eigenvalue weighted by atomic mass is 10.1. The van der Waals surface area contributed by atoms with E-state index in [9.17, 15) is 33.6 Å². The number of nitrogens with two attached hydrogens (primary N) is 2. The zero-order chi connectivity index (χ0) is 25.4. The minimum atomic E-state index is -1.29. The molecule has 0 aliphatic heterocycles. The molecule has 3 atom stereocenters. The highest BCUT2D eigenvalue weighted by molar-refractivity contribution is 8.13. The molecule has 0 aliphatic rings. The monoisotopic (exact) mass is 482 g/mol. The van der Waals surface area contributed by atoms with Crippen LogP contribution in [0.3, 0.4) is 0 Å². The van der Waals surface area contributed by atoms with Crippen molar-refractivity contribution in [1.29, 1.82) is 0 Å². The second kappa shape index (κ2) is 16.5. The van der Waals surface area contributed by atoms with Gasteiger partial charge in [0.25, 0.3) is 0 Å². The van der Waals surface area contributed by atoms with Gasteiger partial charge in [0.05, 0.1) is 6.42 Å². The SMILES string of the molecule is CC(=O)SC[C@H](NC(=O)CC[C@H](N)C(=O)O)C(=O)NCC(=O)O.N[C@@H](CC(=O)O)C(=O)O. The van der Waals surface area contributed by atoms with E-state index < -0.39 is 66.8 Å². The summed E-state index contributed by atoms with van der Waals surface area (Å²) in [7, 11) is 0. The van der Waals surface area contributed by atoms with Crippen molar-refractivity contribution < 1.29 is 54.0 Å². The number of hydrogen-bond donors (Lipinski definition) is 8. The van der Waals surface area contributed by atoms with E-state index in [1.165, 1.54) is 6.92 Å². The van der Waals surface area contributed by atoms with Gasteiger partial charge in [-0.1, -0.05) is 11.8 Å². The summed E-state index contributed by atoms with van der Waals surface area (Å²) in [5, 5.41) is 37.3. The molecule has 0 aromatic heterocycles. The second-order valence-electron chi connectivity index (χ2n) is 6.06. The van der Waals surface area contributed by atoms with Crippen LogP contribution < -0.4 is 22.1 Å². The van der Waals surface area contributed by atoms with E-state index in [1.54, 1.807) is 0 Å². The number of carbonyl (C=O) groups excluding carboxylic acids is 3. The zero-order valence-electron chi connectivity index (χ0n) is 17.0. The van der Waals surface area contributed by atoms with Crippen molar-refractivity contribution >= 4 is 52.6 Å². The highest BCUT2D eigenvalue weighted by atomic mass is 32.2. The van der Waals surface area contributed by atoms with Gasteiger partial charge in [-0.15, -0.1) is 0 Å². The molecule has 0 aromatic carbocycles. The largest absolute Gasteiger partial charge is 0.481 e. The van der Waals surface area contributed by atoms with Crippen molar-refractivity contribution in [3.05, 3.63) is 0 Å². The molecule has 16 heteroatoms. The van der Waals surface area contributed by atoms with Crippen LogP contribution in [-0.2, 0) is 33.6 Å². The number of rotatable bonds is 13. The first-order chi connectivity index (χ1) is 14.7. The van der Waals surface area contributed by atoms with Crippen molar-refractivity contribution in [2.24, 2.45) is 11.5 Å². The van der Waals surface area contributed by atoms with Gasteiger partial charge in [-0.3, -0.25) is 33.6 Å². The van der Waals surface area contributed by atoms with Gasteiger partial charge in [0.15, 0.2) is 5.12 Å². The highest BCUT2D eigenvalue weighted by Gasteiger charge is 2.23. The van der Waals surface area contributed by atoms with Crippen molar-refractivity contribution in [3.8, 4) is 0 Å². The predicted molar refractivity (Wildman–Crippen MR) is 108 cm³/mol. The van der Waals surface area contributed by atoms with Crippen molar-refractivity contribution in [3.63, 3.8) is 0 Å². The lowest BCUT2D eigenvalue weighted by Gasteiger charge is -2.17. The van der Waals surface area contributed by atoms with E-state index in [4.69, 9.17) is 31.9 Å². The molecule has 0 saturated heterocycles. The summed E-state index contributed by atoms with van der Waals surface area (Å²) in [5.74, 6) is -6.45. The van der Waals surface area contributed by atoms with Crippen LogP contribution in [0.4, 0.5) is 0 Å². The van der Waals surface area contributed by atoms with Gasteiger partial charge < -0.3 is 42.5 Å². The number of carboxylic acid groups (broad SMARTS) is 4. The second-order valence-corrected chi connectivity index (χ2v) is 7.26. The van der Waals surface area contributed by atoms with Gasteiger partial charge in [0.2, 0.25) is 11.8 Å². The number of nitrogens with one attached hydrogen (secondary N) is 2. The van der Waals surface area contributed by atoms with E-state index in [0.29, 0.717) is 0 Å². The Labute approximate surface area is 185 Å². The fraction of sp³-hybridized carbons (Fsp3) is 0.562. The average molecular weight is 482 g/mol. The van der Waals surface area contributed by atoms with E-state index in [-0.39, 0.29) is 23.7 Å². The van der Waals surface area contributed by atoms with Gasteiger partial charge in [0, 0.05) is 19.1 Å². The molecule has 0 unspecified atom stereocenters. The maximum atomic E-state index is 11.8. The molecule has 15 nitrogen and oxygen atoms in total. The third-order valence-corrected chi connectivity index (χ3v) is 4.14. The Hall–Kier alpha value is -3.24. The molecular weight excluding hydrogens is 456 g/mol. The lowest BCUT2D eigenvalue weighted by Crippen LogP contribution is -2.49. The van der Waals surface area contributed by atoms with Crippen LogP contribution in [-0.4, -0.2) is 91.7 Å². The third kappa shape index (κ3) is 17.6. The first-order valence-electron chi connectivity index (χ1n) is 8.78. The summed E-state index contributed by atoms with van der Waals surface area (Å²) < 4.78 is 0.